The second-order valence-corrected chi connectivity index (χ2v) is 24.4. The van der Waals surface area contributed by atoms with Gasteiger partial charge in [-0.1, -0.05) is 53.8 Å². The number of aliphatic imine (C=N–C) groups is 1. The summed E-state index contributed by atoms with van der Waals surface area (Å²) in [6.45, 7) is 5.46. The quantitative estimate of drug-likeness (QED) is 0.0343. The third kappa shape index (κ3) is 13.0. The maximum Gasteiger partial charge on any atom is 0.188 e. The molecular weight excluding hydrogens is 907 g/mol. The van der Waals surface area contributed by atoms with E-state index in [1.165, 1.54) is 62.6 Å². The van der Waals surface area contributed by atoms with Gasteiger partial charge in [-0.15, -0.1) is 0 Å². The Morgan fingerprint density at radius 1 is 0.942 bits per heavy atom. The normalized spacial score (nSPS) is 31.1. The highest BCUT2D eigenvalue weighted by Crippen LogP contribution is 2.52. The molecule has 3 saturated carbocycles. The summed E-state index contributed by atoms with van der Waals surface area (Å²) >= 11 is 0. The minimum Gasteiger partial charge on any atom is -0.504 e. The molecule has 1 aliphatic heterocycles. The topological polar surface area (TPSA) is 220 Å². The van der Waals surface area contributed by atoms with E-state index in [0.29, 0.717) is 84.5 Å². The molecule has 1 aromatic carbocycles. The molecule has 4 fully saturated rings. The molecule has 0 radical (unpaired) electrons. The SMILES string of the molecule is CN=C(N)N[C@@H]1CSSC[C@@H]2[C@@H]3CC[C@@H](CCc4oc(CCc5ccc(O)c(OC[C@H](O)c6cc7c([nH]6)CC[C@H]6CCC[C@@H]6[C@@H]7[C@H](CNC)NC[C@H](C)O)c5)cc4CO)C[C@H](C[C@H]2N)[C@@H]3CC[C@@H]1C. The van der Waals surface area contributed by atoms with Gasteiger partial charge >= 0.3 is 0 Å². The summed E-state index contributed by atoms with van der Waals surface area (Å²) < 4.78 is 12.7. The molecule has 12 N–H and O–H groups in total. The van der Waals surface area contributed by atoms with Crippen molar-refractivity contribution >= 4 is 27.5 Å². The number of aromatic amines is 1. The number of aliphatic hydroxyl groups excluding tert-OH is 3. The predicted molar refractivity (Wildman–Crippen MR) is 281 cm³/mol. The van der Waals surface area contributed by atoms with Crippen molar-refractivity contribution in [2.75, 3.05) is 45.3 Å². The van der Waals surface area contributed by atoms with E-state index in [4.69, 9.17) is 20.6 Å². The van der Waals surface area contributed by atoms with Crippen molar-refractivity contribution in [3.63, 3.8) is 0 Å². The fourth-order valence-electron chi connectivity index (χ4n) is 13.6. The Morgan fingerprint density at radius 2 is 1.77 bits per heavy atom. The number of nitrogens with one attached hydrogen (secondary N) is 4. The van der Waals surface area contributed by atoms with Crippen LogP contribution in [-0.2, 0) is 32.3 Å². The van der Waals surface area contributed by atoms with Crippen LogP contribution in [0.3, 0.4) is 0 Å². The monoisotopic (exact) mass is 992 g/mol. The Hall–Kier alpha value is -2.89. The number of fused-ring (bicyclic) bond motifs is 2. The number of hydrogen-bond acceptors (Lipinski definition) is 12. The van der Waals surface area contributed by atoms with E-state index in [1.54, 1.807) is 13.1 Å². The fourth-order valence-corrected chi connectivity index (χ4v) is 16.5. The number of aliphatic hydroxyl groups is 3. The minimum atomic E-state index is -0.908. The van der Waals surface area contributed by atoms with Crippen LogP contribution in [0.1, 0.15) is 136 Å². The largest absolute Gasteiger partial charge is 0.504 e. The molecule has 8 rings (SSSR count). The summed E-state index contributed by atoms with van der Waals surface area (Å²) in [5.74, 6) is 9.94. The second-order valence-electron chi connectivity index (χ2n) is 21.8. The van der Waals surface area contributed by atoms with E-state index >= 15 is 0 Å². The van der Waals surface area contributed by atoms with Crippen molar-refractivity contribution in [1.29, 1.82) is 0 Å². The van der Waals surface area contributed by atoms with Crippen LogP contribution in [0.5, 0.6) is 11.5 Å². The fraction of sp³-hybridized carbons (Fsp3) is 0.722. The predicted octanol–water partition coefficient (Wildman–Crippen LogP) is 7.35. The molecule has 1 saturated heterocycles. The molecule has 15 heteroatoms. The first kappa shape index (κ1) is 52.4. The highest BCUT2D eigenvalue weighted by atomic mass is 33.1. The summed E-state index contributed by atoms with van der Waals surface area (Å²) in [4.78, 5) is 7.79. The van der Waals surface area contributed by atoms with Crippen molar-refractivity contribution < 1.29 is 29.6 Å². The molecule has 5 aliphatic rings. The molecule has 3 heterocycles. The highest BCUT2D eigenvalue weighted by Gasteiger charge is 2.46. The lowest BCUT2D eigenvalue weighted by atomic mass is 9.62. The van der Waals surface area contributed by atoms with Crippen LogP contribution in [0.2, 0.25) is 0 Å². The Labute approximate surface area is 419 Å². The van der Waals surface area contributed by atoms with E-state index in [1.807, 2.05) is 53.8 Å². The molecule has 0 amide bonds. The molecular formula is C54H85N7O6S2. The molecule has 13 nitrogen and oxygen atoms in total. The summed E-state index contributed by atoms with van der Waals surface area (Å²) in [5, 5.41) is 53.6. The number of H-pyrrole nitrogens is 1. The first-order chi connectivity index (χ1) is 33.4. The molecule has 0 unspecified atom stereocenters. The summed E-state index contributed by atoms with van der Waals surface area (Å²) in [5.41, 5.74) is 18.2. The average molecular weight is 992 g/mol. The molecule has 69 heavy (non-hydrogen) atoms. The third-order valence-corrected chi connectivity index (χ3v) is 19.8. The molecule has 4 bridgehead atoms. The van der Waals surface area contributed by atoms with Crippen molar-refractivity contribution in [3.05, 3.63) is 69.9 Å². The molecule has 2 aromatic heterocycles. The number of nitrogens with zero attached hydrogens (tertiary/aromatic N) is 1. The zero-order valence-electron chi connectivity index (χ0n) is 41.8. The Morgan fingerprint density at radius 3 is 2.57 bits per heavy atom. The van der Waals surface area contributed by atoms with Gasteiger partial charge in [0.1, 0.15) is 24.2 Å². The minimum absolute atomic E-state index is 0.00802. The summed E-state index contributed by atoms with van der Waals surface area (Å²) in [6, 6.07) is 10.3. The Balaban J connectivity index is 0.866. The first-order valence-electron chi connectivity index (χ1n) is 26.5. The molecule has 0 spiro atoms. The van der Waals surface area contributed by atoms with E-state index in [2.05, 4.69) is 38.9 Å². The van der Waals surface area contributed by atoms with Crippen molar-refractivity contribution in [1.82, 2.24) is 20.9 Å². The van der Waals surface area contributed by atoms with Gasteiger partial charge in [-0.25, -0.2) is 0 Å². The number of aryl methyl sites for hydroxylation is 4. The smallest absolute Gasteiger partial charge is 0.188 e. The van der Waals surface area contributed by atoms with Gasteiger partial charge in [0.05, 0.1) is 12.7 Å². The van der Waals surface area contributed by atoms with Crippen LogP contribution in [-0.4, -0.2) is 101 Å². The maximum atomic E-state index is 11.5. The number of phenolic OH excluding ortho intramolecular Hbond substituents is 1. The van der Waals surface area contributed by atoms with Crippen LogP contribution < -0.4 is 32.2 Å². The van der Waals surface area contributed by atoms with E-state index < -0.39 is 12.2 Å². The average Bonchev–Trinajstić information content (AvgIpc) is 4.05. The number of phenols is 1. The van der Waals surface area contributed by atoms with Gasteiger partial charge in [0, 0.05) is 85.5 Å². The van der Waals surface area contributed by atoms with Gasteiger partial charge in [0.25, 0.3) is 0 Å². The van der Waals surface area contributed by atoms with Gasteiger partial charge in [-0.3, -0.25) is 4.99 Å². The number of hydrogen-bond donors (Lipinski definition) is 10. The zero-order chi connectivity index (χ0) is 48.6. The number of ether oxygens (including phenoxy) is 1. The van der Waals surface area contributed by atoms with Crippen molar-refractivity contribution in [2.45, 2.75) is 153 Å². The second kappa shape index (κ2) is 24.7. The van der Waals surface area contributed by atoms with Crippen molar-refractivity contribution in [2.24, 2.45) is 63.8 Å². The number of aromatic hydroxyl groups is 1. The van der Waals surface area contributed by atoms with Gasteiger partial charge in [0.2, 0.25) is 0 Å². The van der Waals surface area contributed by atoms with E-state index in [9.17, 15) is 20.4 Å². The maximum absolute atomic E-state index is 11.5. The standard InChI is InChI=1S/C54H85N7O6S2/c1-31-8-15-39-36-20-33(10-16-41(39)43(44(55)23-36)29-68-69-30-48(31)61-54(56)58-4)12-19-51-37(27-62)22-38(67-51)14-9-34-11-18-49(64)52(21-34)66-28-50(65)46-24-42-45(60-46)17-13-35-6-5-7-40(35)53(42)47(26-57-3)59-25-32(2)63/h11,18,21-22,24,31-33,35-36,39-41,43-44,47-48,50,53,57,59-60,62-65H,5-10,12-17,19-20,23,25-30,55H2,1-4H3,(H3,56,58,61)/t31-,32-,33-,35+,36+,39-,40-,41+,43+,44+,47-,48+,50-,53-/m0/s1. The number of aromatic nitrogens is 1. The molecule has 384 valence electrons. The van der Waals surface area contributed by atoms with Crippen molar-refractivity contribution in [3.8, 4) is 11.5 Å². The number of nitrogens with two attached hydrogens (primary N) is 2. The lowest BCUT2D eigenvalue weighted by Gasteiger charge is -2.46. The van der Waals surface area contributed by atoms with Crippen LogP contribution in [0, 0.1) is 47.3 Å². The number of furan rings is 1. The van der Waals surface area contributed by atoms with Gasteiger partial charge < -0.3 is 62.0 Å². The lowest BCUT2D eigenvalue weighted by molar-refractivity contribution is 0.0714. The van der Waals surface area contributed by atoms with Crippen LogP contribution in [0.25, 0.3) is 0 Å². The highest BCUT2D eigenvalue weighted by molar-refractivity contribution is 8.76. The van der Waals surface area contributed by atoms with E-state index in [-0.39, 0.29) is 37.0 Å². The van der Waals surface area contributed by atoms with Gasteiger partial charge in [-0.2, -0.15) is 0 Å². The van der Waals surface area contributed by atoms with Crippen LogP contribution in [0.15, 0.2) is 39.7 Å². The van der Waals surface area contributed by atoms with Crippen LogP contribution in [0.4, 0.5) is 0 Å². The zero-order valence-corrected chi connectivity index (χ0v) is 43.5. The summed E-state index contributed by atoms with van der Waals surface area (Å²) in [6.07, 6.45) is 14.9. The Kier molecular flexibility index (Phi) is 18.8. The molecule has 4 aliphatic carbocycles. The summed E-state index contributed by atoms with van der Waals surface area (Å²) in [7, 11) is 7.69. The molecule has 3 aromatic rings. The number of rotatable bonds is 18. The lowest BCUT2D eigenvalue weighted by Crippen LogP contribution is -2.48. The van der Waals surface area contributed by atoms with Gasteiger partial charge in [-0.05, 0) is 161 Å². The number of benzene rings is 1. The third-order valence-electron chi connectivity index (χ3n) is 17.3. The van der Waals surface area contributed by atoms with Gasteiger partial charge in [0.15, 0.2) is 17.5 Å². The van der Waals surface area contributed by atoms with Crippen LogP contribution >= 0.6 is 21.6 Å². The Bertz CT molecular complexity index is 2120. The molecule has 14 atom stereocenters. The number of guanidine groups is 1. The number of likely N-dealkylation sites (N-methyl/N-ethyl adjacent to an activating group) is 1. The first-order valence-corrected chi connectivity index (χ1v) is 29.0. The van der Waals surface area contributed by atoms with E-state index in [0.717, 1.165) is 78.5 Å².